The van der Waals surface area contributed by atoms with Gasteiger partial charge in [0.15, 0.2) is 0 Å². The Labute approximate surface area is 106 Å². The van der Waals surface area contributed by atoms with Gasteiger partial charge in [0.1, 0.15) is 0 Å². The molecule has 4 atom stereocenters. The van der Waals surface area contributed by atoms with Gasteiger partial charge in [0.05, 0.1) is 17.5 Å². The second-order valence-corrected chi connectivity index (χ2v) is 5.73. The third kappa shape index (κ3) is 1.14. The molecule has 3 nitrogen and oxygen atoms in total. The number of fused-ring (bicyclic) bond motifs is 5. The van der Waals surface area contributed by atoms with Crippen LogP contribution in [0, 0.1) is 23.7 Å². The summed E-state index contributed by atoms with van der Waals surface area (Å²) in [7, 11) is 0. The maximum atomic E-state index is 12.5. The zero-order chi connectivity index (χ0) is 12.3. The number of hydrogen-bond acceptors (Lipinski definition) is 2. The molecule has 2 amide bonds. The summed E-state index contributed by atoms with van der Waals surface area (Å²) in [6.45, 7) is 0. The minimum atomic E-state index is -0.0172. The van der Waals surface area contributed by atoms with Gasteiger partial charge in [-0.3, -0.25) is 14.5 Å². The smallest absolute Gasteiger partial charge is 0.237 e. The number of hydrogen-bond donors (Lipinski definition) is 0. The second-order valence-electron chi connectivity index (χ2n) is 5.73. The van der Waals surface area contributed by atoms with Crippen molar-refractivity contribution in [1.82, 2.24) is 0 Å². The van der Waals surface area contributed by atoms with Crippen LogP contribution in [0.3, 0.4) is 0 Å². The third-order valence-electron chi connectivity index (χ3n) is 4.94. The second kappa shape index (κ2) is 3.44. The molecular formula is C15H15NO2. The molecule has 3 aliphatic rings. The van der Waals surface area contributed by atoms with Crippen LogP contribution in [0.5, 0.6) is 0 Å². The van der Waals surface area contributed by atoms with Crippen LogP contribution in [0.4, 0.5) is 5.69 Å². The molecule has 1 aromatic rings. The van der Waals surface area contributed by atoms with E-state index in [4.69, 9.17) is 0 Å². The average molecular weight is 241 g/mol. The minimum Gasteiger partial charge on any atom is -0.274 e. The molecule has 0 spiro atoms. The molecule has 3 fully saturated rings. The van der Waals surface area contributed by atoms with Gasteiger partial charge in [-0.2, -0.15) is 0 Å². The molecule has 1 heterocycles. The van der Waals surface area contributed by atoms with E-state index in [-0.39, 0.29) is 23.7 Å². The first-order chi connectivity index (χ1) is 8.77. The quantitative estimate of drug-likeness (QED) is 0.707. The van der Waals surface area contributed by atoms with Crippen LogP contribution in [0.15, 0.2) is 30.3 Å². The molecule has 1 saturated heterocycles. The Morgan fingerprint density at radius 3 is 2.00 bits per heavy atom. The first kappa shape index (κ1) is 10.3. The maximum Gasteiger partial charge on any atom is 0.237 e. The van der Waals surface area contributed by atoms with Crippen LogP contribution in [0.25, 0.3) is 0 Å². The molecule has 18 heavy (non-hydrogen) atoms. The number of imide groups is 1. The summed E-state index contributed by atoms with van der Waals surface area (Å²) in [6, 6.07) is 9.34. The van der Waals surface area contributed by atoms with Crippen LogP contribution >= 0.6 is 0 Å². The molecule has 92 valence electrons. The lowest BCUT2D eigenvalue weighted by atomic mass is 9.81. The van der Waals surface area contributed by atoms with Crippen molar-refractivity contribution in [2.45, 2.75) is 19.3 Å². The molecular weight excluding hydrogens is 226 g/mol. The van der Waals surface area contributed by atoms with Gasteiger partial charge >= 0.3 is 0 Å². The topological polar surface area (TPSA) is 37.4 Å². The molecule has 2 saturated carbocycles. The summed E-state index contributed by atoms with van der Waals surface area (Å²) in [4.78, 5) is 26.4. The van der Waals surface area contributed by atoms with Crippen molar-refractivity contribution in [2.24, 2.45) is 23.7 Å². The third-order valence-corrected chi connectivity index (χ3v) is 4.94. The fraction of sp³-hybridized carbons (Fsp3) is 0.467. The van der Waals surface area contributed by atoms with Gasteiger partial charge in [0, 0.05) is 0 Å². The summed E-state index contributed by atoms with van der Waals surface area (Å²) in [5.41, 5.74) is 0.737. The standard InChI is InChI=1S/C15H15NO2/c17-14-12-9-6-7-10(8-9)13(12)15(18)16(14)11-4-2-1-3-5-11/h1-5,9-10,12-13H,6-8H2/t9-,10-,12-,13+/m0/s1. The number of rotatable bonds is 1. The van der Waals surface area contributed by atoms with E-state index in [0.717, 1.165) is 24.9 Å². The van der Waals surface area contributed by atoms with Gasteiger partial charge in [-0.15, -0.1) is 0 Å². The Kier molecular flexibility index (Phi) is 1.97. The van der Waals surface area contributed by atoms with E-state index in [9.17, 15) is 9.59 Å². The van der Waals surface area contributed by atoms with Crippen molar-refractivity contribution in [2.75, 3.05) is 4.90 Å². The number of amides is 2. The number of benzene rings is 1. The lowest BCUT2D eigenvalue weighted by Crippen LogP contribution is -2.32. The highest BCUT2D eigenvalue weighted by atomic mass is 16.2. The Morgan fingerprint density at radius 1 is 0.889 bits per heavy atom. The van der Waals surface area contributed by atoms with E-state index in [2.05, 4.69) is 0 Å². The molecule has 3 heteroatoms. The summed E-state index contributed by atoms with van der Waals surface area (Å²) >= 11 is 0. The molecule has 1 aliphatic heterocycles. The highest BCUT2D eigenvalue weighted by molar-refractivity contribution is 6.22. The SMILES string of the molecule is O=C1[C@@H]2[C@H]3CC[C@@H](C3)[C@@H]2C(=O)N1c1ccccc1. The number of para-hydroxylation sites is 1. The summed E-state index contributed by atoms with van der Waals surface area (Å²) in [5.74, 6) is 0.982. The largest absolute Gasteiger partial charge is 0.274 e. The minimum absolute atomic E-state index is 0.0172. The van der Waals surface area contributed by atoms with Gasteiger partial charge in [0.2, 0.25) is 11.8 Å². The van der Waals surface area contributed by atoms with Crippen molar-refractivity contribution in [1.29, 1.82) is 0 Å². The lowest BCUT2D eigenvalue weighted by molar-refractivity contribution is -0.123. The molecule has 1 aromatic carbocycles. The van der Waals surface area contributed by atoms with Crippen LogP contribution in [0.2, 0.25) is 0 Å². The van der Waals surface area contributed by atoms with Gasteiger partial charge in [0.25, 0.3) is 0 Å². The van der Waals surface area contributed by atoms with Crippen LogP contribution in [-0.4, -0.2) is 11.8 Å². The van der Waals surface area contributed by atoms with Crippen LogP contribution < -0.4 is 4.90 Å². The summed E-state index contributed by atoms with van der Waals surface area (Å²) in [6.07, 6.45) is 3.36. The fourth-order valence-corrected chi connectivity index (χ4v) is 4.24. The van der Waals surface area contributed by atoms with Crippen molar-refractivity contribution >= 4 is 17.5 Å². The summed E-state index contributed by atoms with van der Waals surface area (Å²) < 4.78 is 0. The normalized spacial score (nSPS) is 37.4. The first-order valence-corrected chi connectivity index (χ1v) is 6.70. The number of carbonyl (C=O) groups excluding carboxylic acids is 2. The monoisotopic (exact) mass is 241 g/mol. The van der Waals surface area contributed by atoms with E-state index < -0.39 is 0 Å². The number of carbonyl (C=O) groups is 2. The van der Waals surface area contributed by atoms with E-state index >= 15 is 0 Å². The van der Waals surface area contributed by atoms with Gasteiger partial charge in [-0.25, -0.2) is 0 Å². The average Bonchev–Trinajstić information content (AvgIpc) is 3.05. The van der Waals surface area contributed by atoms with Crippen molar-refractivity contribution < 1.29 is 9.59 Å². The predicted molar refractivity (Wildman–Crippen MR) is 66.7 cm³/mol. The molecule has 2 bridgehead atoms. The van der Waals surface area contributed by atoms with Crippen LogP contribution in [0.1, 0.15) is 19.3 Å². The van der Waals surface area contributed by atoms with Crippen molar-refractivity contribution in [3.8, 4) is 0 Å². The van der Waals surface area contributed by atoms with Crippen LogP contribution in [-0.2, 0) is 9.59 Å². The van der Waals surface area contributed by atoms with E-state index in [1.165, 1.54) is 4.90 Å². The summed E-state index contributed by atoms with van der Waals surface area (Å²) in [5, 5.41) is 0. The Hall–Kier alpha value is -1.64. The van der Waals surface area contributed by atoms with Crippen molar-refractivity contribution in [3.05, 3.63) is 30.3 Å². The Balaban J connectivity index is 1.76. The molecule has 0 radical (unpaired) electrons. The molecule has 0 N–H and O–H groups in total. The fourth-order valence-electron chi connectivity index (χ4n) is 4.24. The molecule has 0 aromatic heterocycles. The van der Waals surface area contributed by atoms with Gasteiger partial charge in [-0.1, -0.05) is 18.2 Å². The van der Waals surface area contributed by atoms with E-state index in [1.807, 2.05) is 30.3 Å². The van der Waals surface area contributed by atoms with E-state index in [0.29, 0.717) is 11.8 Å². The highest BCUT2D eigenvalue weighted by Crippen LogP contribution is 2.56. The zero-order valence-electron chi connectivity index (χ0n) is 10.1. The maximum absolute atomic E-state index is 12.5. The molecule has 2 aliphatic carbocycles. The Morgan fingerprint density at radius 2 is 1.44 bits per heavy atom. The highest BCUT2D eigenvalue weighted by Gasteiger charge is 2.61. The lowest BCUT2D eigenvalue weighted by Gasteiger charge is -2.19. The first-order valence-electron chi connectivity index (χ1n) is 6.70. The Bertz CT molecular complexity index is 497. The van der Waals surface area contributed by atoms with Crippen molar-refractivity contribution in [3.63, 3.8) is 0 Å². The van der Waals surface area contributed by atoms with E-state index in [1.54, 1.807) is 0 Å². The zero-order valence-corrected chi connectivity index (χ0v) is 10.1. The predicted octanol–water partition coefficient (Wildman–Crippen LogP) is 2.22. The molecule has 4 rings (SSSR count). The van der Waals surface area contributed by atoms with Gasteiger partial charge < -0.3 is 0 Å². The number of anilines is 1. The molecule has 0 unspecified atom stereocenters. The van der Waals surface area contributed by atoms with Gasteiger partial charge in [-0.05, 0) is 43.2 Å². The number of nitrogens with zero attached hydrogens (tertiary/aromatic N) is 1.